The van der Waals surface area contributed by atoms with Gasteiger partial charge in [-0.1, -0.05) is 164 Å². The summed E-state index contributed by atoms with van der Waals surface area (Å²) in [4.78, 5) is 23.8. The van der Waals surface area contributed by atoms with Gasteiger partial charge in [0, 0.05) is 47.3 Å². The van der Waals surface area contributed by atoms with E-state index in [4.69, 9.17) is 15.0 Å². The van der Waals surface area contributed by atoms with Crippen molar-refractivity contribution >= 4 is 33.1 Å². The molecule has 0 aliphatic heterocycles. The fourth-order valence-electron chi connectivity index (χ4n) is 10.6. The van der Waals surface area contributed by atoms with Crippen molar-refractivity contribution in [2.45, 2.75) is 0 Å². The second-order valence-electron chi connectivity index (χ2n) is 18.7. The maximum absolute atomic E-state index is 4.85. The molecule has 74 heavy (non-hydrogen) atoms. The lowest BCUT2D eigenvalue weighted by Gasteiger charge is -2.18. The lowest BCUT2D eigenvalue weighted by molar-refractivity contribution is 1.12. The van der Waals surface area contributed by atoms with Gasteiger partial charge in [0.05, 0.1) is 16.7 Å². The Bertz CT molecular complexity index is 4240. The van der Waals surface area contributed by atoms with Crippen LogP contribution in [0.4, 0.5) is 0 Å². The lowest BCUT2D eigenvalue weighted by Crippen LogP contribution is -1.93. The van der Waals surface area contributed by atoms with Crippen LogP contribution in [-0.4, -0.2) is 33.7 Å². The summed E-state index contributed by atoms with van der Waals surface area (Å²) >= 11 is 0. The molecule has 0 N–H and O–H groups in total. The van der Waals surface area contributed by atoms with Crippen LogP contribution in [0.1, 0.15) is 0 Å². The van der Waals surface area contributed by atoms with Crippen LogP contribution in [0.5, 0.6) is 0 Å². The molecule has 0 saturated heterocycles. The van der Waals surface area contributed by atoms with Gasteiger partial charge in [0.25, 0.3) is 0 Å². The van der Waals surface area contributed by atoms with Crippen LogP contribution in [0.15, 0.2) is 262 Å². The second kappa shape index (κ2) is 17.9. The Kier molecular flexibility index (Phi) is 10.4. The average Bonchev–Trinajstić information content (AvgIpc) is 4.19. The number of fused-ring (bicyclic) bond motifs is 6. The summed E-state index contributed by atoms with van der Waals surface area (Å²) in [6, 6.07) is 78.6. The second-order valence-corrected chi connectivity index (χ2v) is 18.7. The molecule has 7 heteroatoms. The first kappa shape index (κ1) is 42.7. The van der Waals surface area contributed by atoms with Crippen molar-refractivity contribution in [1.29, 1.82) is 0 Å². The van der Waals surface area contributed by atoms with Gasteiger partial charge < -0.3 is 0 Å². The first-order valence-electron chi connectivity index (χ1n) is 24.7. The van der Waals surface area contributed by atoms with Crippen molar-refractivity contribution in [2.75, 3.05) is 0 Å². The standard InChI is InChI=1S/C67H43N7/c1-2-10-44(11-3-1)45-18-20-46(21-19-45)49-30-31-68-63(39-49)48-24-22-47(23-25-48)55-12-4-7-15-58(55)52-36-53(59-16-8-5-13-56(59)50-26-28-61-64(40-50)71-42-73-34-32-69-66(61)73)38-54(37-52)60-17-9-6-14-57(60)51-27-29-62-65(41-51)72-43-74-35-33-70-67(62)74/h1-43H. The van der Waals surface area contributed by atoms with Gasteiger partial charge in [0.1, 0.15) is 23.9 Å². The Morgan fingerprint density at radius 2 is 0.635 bits per heavy atom. The third kappa shape index (κ3) is 7.68. The normalized spacial score (nSPS) is 11.5. The summed E-state index contributed by atoms with van der Waals surface area (Å²) in [5.41, 5.74) is 23.6. The number of nitrogens with zero attached hydrogens (tertiary/aromatic N) is 7. The number of pyridine rings is 1. The zero-order chi connectivity index (χ0) is 49.0. The van der Waals surface area contributed by atoms with Gasteiger partial charge in [-0.15, -0.1) is 0 Å². The highest BCUT2D eigenvalue weighted by atomic mass is 15.0. The molecule has 0 aliphatic carbocycles. The van der Waals surface area contributed by atoms with Crippen LogP contribution in [0.2, 0.25) is 0 Å². The fraction of sp³-hybridized carbons (Fsp3) is 0. The molecule has 14 rings (SSSR count). The number of hydrogen-bond donors (Lipinski definition) is 0. The minimum atomic E-state index is 0.892. The SMILES string of the molecule is c1ccc(-c2ccc(-c3ccnc(-c4ccc(-c5ccccc5-c5cc(-c6ccccc6-c6ccc7c(c6)ncn6ccnc76)cc(-c6ccccc6-c6ccc7c(c6)ncn6ccnc76)c5)cc4)c3)cc2)cc1. The molecule has 7 nitrogen and oxygen atoms in total. The van der Waals surface area contributed by atoms with Crippen molar-refractivity contribution in [1.82, 2.24) is 33.7 Å². The Hall–Kier alpha value is -10.1. The molecule has 0 spiro atoms. The van der Waals surface area contributed by atoms with Crippen molar-refractivity contribution in [2.24, 2.45) is 0 Å². The van der Waals surface area contributed by atoms with Gasteiger partial charge in [0.2, 0.25) is 0 Å². The molecule has 0 fully saturated rings. The van der Waals surface area contributed by atoms with Crippen LogP contribution >= 0.6 is 0 Å². The van der Waals surface area contributed by atoms with E-state index in [1.165, 1.54) is 11.1 Å². The van der Waals surface area contributed by atoms with Crippen molar-refractivity contribution < 1.29 is 0 Å². The molecule has 5 heterocycles. The Morgan fingerprint density at radius 3 is 1.14 bits per heavy atom. The highest BCUT2D eigenvalue weighted by Gasteiger charge is 2.18. The molecule has 0 saturated carbocycles. The number of hydrogen-bond acceptors (Lipinski definition) is 5. The molecule has 0 unspecified atom stereocenters. The van der Waals surface area contributed by atoms with Gasteiger partial charge in [-0.25, -0.2) is 19.9 Å². The molecule has 14 aromatic rings. The first-order chi connectivity index (χ1) is 36.6. The monoisotopic (exact) mass is 945 g/mol. The van der Waals surface area contributed by atoms with Crippen LogP contribution in [0.25, 0.3) is 133 Å². The summed E-state index contributed by atoms with van der Waals surface area (Å²) < 4.78 is 3.92. The van der Waals surface area contributed by atoms with Crippen molar-refractivity contribution in [3.05, 3.63) is 262 Å². The third-order valence-corrected chi connectivity index (χ3v) is 14.3. The van der Waals surface area contributed by atoms with E-state index in [2.05, 4.69) is 222 Å². The fourth-order valence-corrected chi connectivity index (χ4v) is 10.6. The van der Waals surface area contributed by atoms with E-state index in [9.17, 15) is 0 Å². The summed E-state index contributed by atoms with van der Waals surface area (Å²) in [6.07, 6.45) is 13.1. The van der Waals surface area contributed by atoms with Gasteiger partial charge in [0.15, 0.2) is 0 Å². The number of imidazole rings is 2. The van der Waals surface area contributed by atoms with E-state index >= 15 is 0 Å². The largest absolute Gasteiger partial charge is 0.290 e. The maximum Gasteiger partial charge on any atom is 0.147 e. The molecule has 5 aromatic heterocycles. The summed E-state index contributed by atoms with van der Waals surface area (Å²) in [7, 11) is 0. The predicted molar refractivity (Wildman–Crippen MR) is 301 cm³/mol. The molecule has 346 valence electrons. The lowest BCUT2D eigenvalue weighted by atomic mass is 9.86. The zero-order valence-corrected chi connectivity index (χ0v) is 40.0. The Morgan fingerprint density at radius 1 is 0.243 bits per heavy atom. The molecule has 0 radical (unpaired) electrons. The minimum Gasteiger partial charge on any atom is -0.290 e. The van der Waals surface area contributed by atoms with Crippen molar-refractivity contribution in [3.63, 3.8) is 0 Å². The van der Waals surface area contributed by atoms with Gasteiger partial charge >= 0.3 is 0 Å². The topological polar surface area (TPSA) is 73.3 Å². The predicted octanol–water partition coefficient (Wildman–Crippen LogP) is 16.5. The van der Waals surface area contributed by atoms with E-state index in [1.54, 1.807) is 0 Å². The highest BCUT2D eigenvalue weighted by molar-refractivity contribution is 5.99. The first-order valence-corrected chi connectivity index (χ1v) is 24.7. The van der Waals surface area contributed by atoms with E-state index in [0.29, 0.717) is 0 Å². The van der Waals surface area contributed by atoms with E-state index in [1.807, 2.05) is 58.5 Å². The van der Waals surface area contributed by atoms with E-state index in [-0.39, 0.29) is 0 Å². The number of benzene rings is 9. The average molecular weight is 946 g/mol. The third-order valence-electron chi connectivity index (χ3n) is 14.3. The van der Waals surface area contributed by atoms with E-state index < -0.39 is 0 Å². The summed E-state index contributed by atoms with van der Waals surface area (Å²) in [5.74, 6) is 0. The van der Waals surface area contributed by atoms with Gasteiger partial charge in [-0.3, -0.25) is 13.8 Å². The Balaban J connectivity index is 0.876. The molecule has 0 bridgehead atoms. The Labute approximate surface area is 427 Å². The van der Waals surface area contributed by atoms with Crippen LogP contribution in [-0.2, 0) is 0 Å². The molecule has 0 amide bonds. The smallest absolute Gasteiger partial charge is 0.147 e. The number of rotatable bonds is 9. The number of aromatic nitrogens is 7. The summed E-state index contributed by atoms with van der Waals surface area (Å²) in [5, 5.41) is 2.02. The summed E-state index contributed by atoms with van der Waals surface area (Å²) in [6.45, 7) is 0. The van der Waals surface area contributed by atoms with Gasteiger partial charge in [-0.05, 0) is 144 Å². The van der Waals surface area contributed by atoms with Crippen LogP contribution in [0, 0.1) is 0 Å². The molecular formula is C67H43N7. The molecule has 0 atom stereocenters. The quantitative estimate of drug-likeness (QED) is 0.144. The molecule has 9 aromatic carbocycles. The van der Waals surface area contributed by atoms with E-state index in [0.717, 1.165) is 122 Å². The van der Waals surface area contributed by atoms with Crippen LogP contribution in [0.3, 0.4) is 0 Å². The highest BCUT2D eigenvalue weighted by Crippen LogP contribution is 2.43. The maximum atomic E-state index is 4.85. The van der Waals surface area contributed by atoms with Crippen molar-refractivity contribution in [3.8, 4) is 100 Å². The van der Waals surface area contributed by atoms with Crippen LogP contribution < -0.4 is 0 Å². The molecule has 0 aliphatic rings. The molecular weight excluding hydrogens is 903 g/mol. The zero-order valence-electron chi connectivity index (χ0n) is 40.0. The van der Waals surface area contributed by atoms with Gasteiger partial charge in [-0.2, -0.15) is 0 Å². The minimum absolute atomic E-state index is 0.892.